The molecule has 3 N–H and O–H groups in total. The molecule has 2 atom stereocenters. The van der Waals surface area contributed by atoms with Crippen molar-refractivity contribution in [2.24, 2.45) is 0 Å². The number of H-pyrrole nitrogens is 2. The molecule has 1 saturated heterocycles. The second kappa shape index (κ2) is 5.66. The average molecular weight is 345 g/mol. The number of ether oxygens (including phenoxy) is 1. The molecule has 26 heavy (non-hydrogen) atoms. The minimum Gasteiger partial charge on any atom is -0.497 e. The second-order valence-electron chi connectivity index (χ2n) is 6.77. The number of aromatic nitrogens is 2. The molecule has 2 aromatic carbocycles. The van der Waals surface area contributed by atoms with E-state index >= 15 is 0 Å². The first kappa shape index (κ1) is 15.1. The van der Waals surface area contributed by atoms with Crippen LogP contribution in [0.4, 0.5) is 0 Å². The highest BCUT2D eigenvalue weighted by atomic mass is 16.5. The highest BCUT2D eigenvalue weighted by Crippen LogP contribution is 2.42. The average Bonchev–Trinajstić information content (AvgIpc) is 3.37. The smallest absolute Gasteiger partial charge is 0.228 e. The number of fused-ring (bicyclic) bond motifs is 2. The van der Waals surface area contributed by atoms with E-state index in [0.29, 0.717) is 6.54 Å². The van der Waals surface area contributed by atoms with Gasteiger partial charge in [-0.3, -0.25) is 4.79 Å². The molecule has 0 aliphatic carbocycles. The van der Waals surface area contributed by atoms with Crippen molar-refractivity contribution >= 4 is 27.7 Å². The van der Waals surface area contributed by atoms with Crippen LogP contribution in [0.5, 0.6) is 5.75 Å². The Labute approximate surface area is 150 Å². The van der Waals surface area contributed by atoms with Crippen molar-refractivity contribution < 1.29 is 9.53 Å². The first-order valence-corrected chi connectivity index (χ1v) is 8.75. The van der Waals surface area contributed by atoms with Gasteiger partial charge in [0.05, 0.1) is 13.0 Å². The first-order valence-electron chi connectivity index (χ1n) is 8.75. The maximum atomic E-state index is 12.7. The summed E-state index contributed by atoms with van der Waals surface area (Å²) in [6, 6.07) is 14.1. The van der Waals surface area contributed by atoms with E-state index in [1.54, 1.807) is 7.11 Å². The summed E-state index contributed by atoms with van der Waals surface area (Å²) in [4.78, 5) is 19.4. The number of hydrogen-bond donors (Lipinski definition) is 3. The zero-order valence-electron chi connectivity index (χ0n) is 14.4. The Bertz CT molecular complexity index is 1120. The summed E-state index contributed by atoms with van der Waals surface area (Å²) >= 11 is 0. The molecule has 0 bridgehead atoms. The topological polar surface area (TPSA) is 69.9 Å². The van der Waals surface area contributed by atoms with Gasteiger partial charge in [-0.2, -0.15) is 0 Å². The molecule has 0 saturated carbocycles. The van der Waals surface area contributed by atoms with Crippen molar-refractivity contribution in [3.63, 3.8) is 0 Å². The molecule has 2 aromatic heterocycles. The molecule has 5 nitrogen and oxygen atoms in total. The Morgan fingerprint density at radius 1 is 0.962 bits per heavy atom. The normalized spacial score (nSPS) is 20.0. The fourth-order valence-corrected chi connectivity index (χ4v) is 4.17. The van der Waals surface area contributed by atoms with Crippen LogP contribution in [0.3, 0.4) is 0 Å². The zero-order chi connectivity index (χ0) is 17.7. The molecular formula is C21H19N3O2. The standard InChI is InChI=1S/C21H19N3O2/c1-26-12-6-7-19-14(8-12)15(9-22-19)17-11-24-21(25)20(17)16-10-23-18-5-3-2-4-13(16)18/h2-10,17,20,22-23H,11H2,1H3,(H,24,25)/t17-,20+/m1/s1. The SMILES string of the molecule is COc1ccc2[nH]cc([C@H]3CNC(=O)[C@H]3c3c[nH]c4ccccc34)c2c1. The van der Waals surface area contributed by atoms with E-state index in [1.165, 1.54) is 0 Å². The number of carbonyl (C=O) groups excluding carboxylic acids is 1. The van der Waals surface area contributed by atoms with Crippen LogP contribution in [0.15, 0.2) is 54.9 Å². The van der Waals surface area contributed by atoms with Crippen LogP contribution in [-0.2, 0) is 4.79 Å². The first-order chi connectivity index (χ1) is 12.8. The number of benzene rings is 2. The van der Waals surface area contributed by atoms with Gasteiger partial charge in [0.25, 0.3) is 0 Å². The number of methoxy groups -OCH3 is 1. The number of rotatable bonds is 3. The Kier molecular flexibility index (Phi) is 3.28. The summed E-state index contributed by atoms with van der Waals surface area (Å²) in [5.74, 6) is 0.759. The number of amides is 1. The van der Waals surface area contributed by atoms with Gasteiger partial charge in [-0.05, 0) is 35.4 Å². The molecule has 0 radical (unpaired) electrons. The van der Waals surface area contributed by atoms with Crippen molar-refractivity contribution in [3.8, 4) is 5.75 Å². The third-order valence-electron chi connectivity index (χ3n) is 5.46. The molecule has 5 heteroatoms. The highest BCUT2D eigenvalue weighted by molar-refractivity contribution is 5.95. The maximum Gasteiger partial charge on any atom is 0.228 e. The van der Waals surface area contributed by atoms with E-state index < -0.39 is 0 Å². The van der Waals surface area contributed by atoms with Gasteiger partial charge in [0, 0.05) is 46.7 Å². The van der Waals surface area contributed by atoms with Crippen molar-refractivity contribution in [1.29, 1.82) is 0 Å². The van der Waals surface area contributed by atoms with E-state index in [4.69, 9.17) is 4.74 Å². The van der Waals surface area contributed by atoms with Gasteiger partial charge < -0.3 is 20.0 Å². The lowest BCUT2D eigenvalue weighted by atomic mass is 9.83. The number of hydrogen-bond acceptors (Lipinski definition) is 2. The Morgan fingerprint density at radius 3 is 2.58 bits per heavy atom. The fourth-order valence-electron chi connectivity index (χ4n) is 4.17. The molecule has 1 fully saturated rings. The number of aromatic amines is 2. The predicted octanol–water partition coefficient (Wildman–Crippen LogP) is 3.66. The van der Waals surface area contributed by atoms with E-state index in [0.717, 1.165) is 38.7 Å². The van der Waals surface area contributed by atoms with Crippen LogP contribution in [-0.4, -0.2) is 29.5 Å². The van der Waals surface area contributed by atoms with E-state index in [9.17, 15) is 4.79 Å². The summed E-state index contributed by atoms with van der Waals surface area (Å²) in [6.07, 6.45) is 4.00. The van der Waals surface area contributed by atoms with E-state index in [-0.39, 0.29) is 17.7 Å². The van der Waals surface area contributed by atoms with Crippen molar-refractivity contribution in [2.45, 2.75) is 11.8 Å². The maximum absolute atomic E-state index is 12.7. The van der Waals surface area contributed by atoms with Crippen LogP contribution < -0.4 is 10.1 Å². The number of nitrogens with one attached hydrogen (secondary N) is 3. The summed E-state index contributed by atoms with van der Waals surface area (Å²) in [5.41, 5.74) is 4.31. The Balaban J connectivity index is 1.66. The number of para-hydroxylation sites is 1. The molecule has 1 aliphatic rings. The molecule has 0 spiro atoms. The molecule has 130 valence electrons. The number of carbonyl (C=O) groups is 1. The van der Waals surface area contributed by atoms with Gasteiger partial charge in [0.15, 0.2) is 0 Å². The summed E-state index contributed by atoms with van der Waals surface area (Å²) < 4.78 is 5.39. The van der Waals surface area contributed by atoms with Crippen LogP contribution in [0.1, 0.15) is 23.0 Å². The van der Waals surface area contributed by atoms with Crippen LogP contribution in [0.25, 0.3) is 21.8 Å². The lowest BCUT2D eigenvalue weighted by Gasteiger charge is -2.16. The van der Waals surface area contributed by atoms with Crippen molar-refractivity contribution in [3.05, 3.63) is 66.0 Å². The summed E-state index contributed by atoms with van der Waals surface area (Å²) in [7, 11) is 1.67. The second-order valence-corrected chi connectivity index (χ2v) is 6.77. The van der Waals surface area contributed by atoms with Crippen molar-refractivity contribution in [2.75, 3.05) is 13.7 Å². The van der Waals surface area contributed by atoms with Crippen molar-refractivity contribution in [1.82, 2.24) is 15.3 Å². The van der Waals surface area contributed by atoms with Gasteiger partial charge in [-0.1, -0.05) is 18.2 Å². The lowest BCUT2D eigenvalue weighted by Crippen LogP contribution is -2.17. The van der Waals surface area contributed by atoms with E-state index in [2.05, 4.69) is 21.4 Å². The minimum absolute atomic E-state index is 0.0718. The Hall–Kier alpha value is -3.21. The highest BCUT2D eigenvalue weighted by Gasteiger charge is 2.39. The fraction of sp³-hybridized carbons (Fsp3) is 0.190. The predicted molar refractivity (Wildman–Crippen MR) is 102 cm³/mol. The lowest BCUT2D eigenvalue weighted by molar-refractivity contribution is -0.120. The zero-order valence-corrected chi connectivity index (χ0v) is 14.4. The minimum atomic E-state index is -0.212. The third-order valence-corrected chi connectivity index (χ3v) is 5.46. The van der Waals surface area contributed by atoms with E-state index in [1.807, 2.05) is 48.8 Å². The van der Waals surface area contributed by atoms with Crippen LogP contribution in [0, 0.1) is 0 Å². The largest absolute Gasteiger partial charge is 0.497 e. The third kappa shape index (κ3) is 2.13. The van der Waals surface area contributed by atoms with Gasteiger partial charge in [0.1, 0.15) is 5.75 Å². The molecule has 1 amide bonds. The molecular weight excluding hydrogens is 326 g/mol. The monoisotopic (exact) mass is 345 g/mol. The molecule has 1 aliphatic heterocycles. The molecule has 3 heterocycles. The molecule has 5 rings (SSSR count). The van der Waals surface area contributed by atoms with Gasteiger partial charge in [-0.15, -0.1) is 0 Å². The van der Waals surface area contributed by atoms with Gasteiger partial charge in [-0.25, -0.2) is 0 Å². The summed E-state index contributed by atoms with van der Waals surface area (Å²) in [5, 5.41) is 5.27. The van der Waals surface area contributed by atoms with Gasteiger partial charge in [0.2, 0.25) is 5.91 Å². The summed E-state index contributed by atoms with van der Waals surface area (Å²) in [6.45, 7) is 0.632. The quantitative estimate of drug-likeness (QED) is 0.530. The van der Waals surface area contributed by atoms with Gasteiger partial charge >= 0.3 is 0 Å². The van der Waals surface area contributed by atoms with Crippen LogP contribution >= 0.6 is 0 Å². The molecule has 0 unspecified atom stereocenters. The molecule has 4 aromatic rings. The van der Waals surface area contributed by atoms with Crippen LogP contribution in [0.2, 0.25) is 0 Å². The Morgan fingerprint density at radius 2 is 1.73 bits per heavy atom.